The van der Waals surface area contributed by atoms with E-state index in [1.54, 1.807) is 7.11 Å². The first-order valence-electron chi connectivity index (χ1n) is 7.95. The molecule has 22 heavy (non-hydrogen) atoms. The van der Waals surface area contributed by atoms with Crippen LogP contribution in [0.15, 0.2) is 60.7 Å². The van der Waals surface area contributed by atoms with Crippen molar-refractivity contribution in [3.63, 3.8) is 0 Å². The zero-order valence-corrected chi connectivity index (χ0v) is 13.5. The Balaban J connectivity index is 2.03. The Hall–Kier alpha value is -2.22. The molecule has 1 N–H and O–H groups in total. The molecule has 0 saturated carbocycles. The molecule has 0 aliphatic heterocycles. The Morgan fingerprint density at radius 1 is 1.05 bits per heavy atom. The quantitative estimate of drug-likeness (QED) is 0.706. The van der Waals surface area contributed by atoms with E-state index in [0.29, 0.717) is 6.04 Å². The molecule has 1 unspecified atom stereocenters. The van der Waals surface area contributed by atoms with Crippen molar-refractivity contribution in [2.45, 2.75) is 32.2 Å². The van der Waals surface area contributed by atoms with Crippen LogP contribution in [0.4, 0.5) is 5.69 Å². The van der Waals surface area contributed by atoms with E-state index in [4.69, 9.17) is 4.74 Å². The van der Waals surface area contributed by atoms with Crippen LogP contribution in [-0.4, -0.2) is 13.2 Å². The van der Waals surface area contributed by atoms with Gasteiger partial charge in [-0.2, -0.15) is 0 Å². The predicted molar refractivity (Wildman–Crippen MR) is 95.4 cm³/mol. The molecule has 0 spiro atoms. The summed E-state index contributed by atoms with van der Waals surface area (Å²) < 4.78 is 5.20. The Kier molecular flexibility index (Phi) is 6.56. The fourth-order valence-corrected chi connectivity index (χ4v) is 2.33. The van der Waals surface area contributed by atoms with Gasteiger partial charge < -0.3 is 10.1 Å². The van der Waals surface area contributed by atoms with Crippen molar-refractivity contribution in [2.75, 3.05) is 12.4 Å². The van der Waals surface area contributed by atoms with E-state index >= 15 is 0 Å². The van der Waals surface area contributed by atoms with Gasteiger partial charge in [-0.05, 0) is 36.2 Å². The van der Waals surface area contributed by atoms with Gasteiger partial charge in [-0.1, -0.05) is 62.2 Å². The van der Waals surface area contributed by atoms with Crippen molar-refractivity contribution in [1.29, 1.82) is 0 Å². The minimum Gasteiger partial charge on any atom is -0.497 e. The van der Waals surface area contributed by atoms with Crippen molar-refractivity contribution >= 4 is 11.8 Å². The molecule has 0 heterocycles. The summed E-state index contributed by atoms with van der Waals surface area (Å²) in [6, 6.07) is 18.9. The first-order valence-corrected chi connectivity index (χ1v) is 7.95. The molecule has 0 saturated heterocycles. The Morgan fingerprint density at radius 2 is 1.77 bits per heavy atom. The second-order valence-corrected chi connectivity index (χ2v) is 5.39. The van der Waals surface area contributed by atoms with Crippen LogP contribution in [-0.2, 0) is 0 Å². The minimum absolute atomic E-state index is 0.341. The number of benzene rings is 2. The molecule has 0 aliphatic carbocycles. The van der Waals surface area contributed by atoms with E-state index < -0.39 is 0 Å². The van der Waals surface area contributed by atoms with Crippen molar-refractivity contribution in [3.05, 3.63) is 66.2 Å². The SMILES string of the molecule is CCCCC(/C=C/c1ccccc1)Nc1ccc(OC)cc1. The van der Waals surface area contributed by atoms with Crippen molar-refractivity contribution in [2.24, 2.45) is 0 Å². The van der Waals surface area contributed by atoms with Crippen LogP contribution in [0, 0.1) is 0 Å². The van der Waals surface area contributed by atoms with Crippen LogP contribution < -0.4 is 10.1 Å². The lowest BCUT2D eigenvalue weighted by Crippen LogP contribution is -2.16. The second kappa shape index (κ2) is 8.93. The average Bonchev–Trinajstić information content (AvgIpc) is 2.59. The summed E-state index contributed by atoms with van der Waals surface area (Å²) in [5.74, 6) is 0.885. The monoisotopic (exact) mass is 295 g/mol. The number of ether oxygens (including phenoxy) is 1. The molecule has 2 rings (SSSR count). The van der Waals surface area contributed by atoms with Crippen molar-refractivity contribution in [3.8, 4) is 5.75 Å². The predicted octanol–water partition coefficient (Wildman–Crippen LogP) is 5.38. The fraction of sp³-hybridized carbons (Fsp3) is 0.300. The Bertz CT molecular complexity index is 560. The van der Waals surface area contributed by atoms with Crippen molar-refractivity contribution in [1.82, 2.24) is 0 Å². The number of rotatable bonds is 8. The van der Waals surface area contributed by atoms with Gasteiger partial charge in [0.25, 0.3) is 0 Å². The largest absolute Gasteiger partial charge is 0.497 e. The third-order valence-corrected chi connectivity index (χ3v) is 3.63. The zero-order valence-electron chi connectivity index (χ0n) is 13.5. The van der Waals surface area contributed by atoms with Gasteiger partial charge in [0, 0.05) is 11.7 Å². The summed E-state index contributed by atoms with van der Waals surface area (Å²) in [6.45, 7) is 2.23. The number of hydrogen-bond acceptors (Lipinski definition) is 2. The smallest absolute Gasteiger partial charge is 0.119 e. The fourth-order valence-electron chi connectivity index (χ4n) is 2.33. The van der Waals surface area contributed by atoms with E-state index in [0.717, 1.165) is 17.9 Å². The highest BCUT2D eigenvalue weighted by molar-refractivity contribution is 5.53. The van der Waals surface area contributed by atoms with Gasteiger partial charge in [0.05, 0.1) is 7.11 Å². The molecule has 2 nitrogen and oxygen atoms in total. The lowest BCUT2D eigenvalue weighted by Gasteiger charge is -2.16. The molecular weight excluding hydrogens is 270 g/mol. The van der Waals surface area contributed by atoms with Gasteiger partial charge in [-0.3, -0.25) is 0 Å². The maximum atomic E-state index is 5.20. The second-order valence-electron chi connectivity index (χ2n) is 5.39. The molecule has 0 aliphatic rings. The number of nitrogens with one attached hydrogen (secondary N) is 1. The molecule has 0 radical (unpaired) electrons. The van der Waals surface area contributed by atoms with E-state index in [-0.39, 0.29) is 0 Å². The normalized spacial score (nSPS) is 12.3. The molecule has 0 bridgehead atoms. The van der Waals surface area contributed by atoms with Gasteiger partial charge in [0.2, 0.25) is 0 Å². The van der Waals surface area contributed by atoms with Crippen LogP contribution in [0.1, 0.15) is 31.7 Å². The van der Waals surface area contributed by atoms with E-state index in [9.17, 15) is 0 Å². The third-order valence-electron chi connectivity index (χ3n) is 3.63. The summed E-state index contributed by atoms with van der Waals surface area (Å²) in [4.78, 5) is 0. The molecule has 2 heteroatoms. The third kappa shape index (κ3) is 5.28. The molecule has 1 atom stereocenters. The number of methoxy groups -OCH3 is 1. The lowest BCUT2D eigenvalue weighted by atomic mass is 10.1. The zero-order chi connectivity index (χ0) is 15.6. The highest BCUT2D eigenvalue weighted by atomic mass is 16.5. The average molecular weight is 295 g/mol. The van der Waals surface area contributed by atoms with Gasteiger partial charge in [-0.15, -0.1) is 0 Å². The molecular formula is C20H25NO. The van der Waals surface area contributed by atoms with Crippen LogP contribution >= 0.6 is 0 Å². The van der Waals surface area contributed by atoms with Gasteiger partial charge in [0.15, 0.2) is 0 Å². The molecule has 0 fully saturated rings. The van der Waals surface area contributed by atoms with E-state index in [1.165, 1.54) is 18.4 Å². The highest BCUT2D eigenvalue weighted by Gasteiger charge is 2.04. The van der Waals surface area contributed by atoms with Crippen LogP contribution in [0.3, 0.4) is 0 Å². The number of anilines is 1. The van der Waals surface area contributed by atoms with Gasteiger partial charge in [-0.25, -0.2) is 0 Å². The van der Waals surface area contributed by atoms with Crippen molar-refractivity contribution < 1.29 is 4.74 Å². The topological polar surface area (TPSA) is 21.3 Å². The Labute approximate surface area is 133 Å². The summed E-state index contributed by atoms with van der Waals surface area (Å²) in [5.41, 5.74) is 2.36. The maximum Gasteiger partial charge on any atom is 0.119 e. The summed E-state index contributed by atoms with van der Waals surface area (Å²) >= 11 is 0. The molecule has 2 aromatic rings. The molecule has 0 amide bonds. The first-order chi connectivity index (χ1) is 10.8. The summed E-state index contributed by atoms with van der Waals surface area (Å²) in [7, 11) is 1.69. The van der Waals surface area contributed by atoms with Crippen LogP contribution in [0.25, 0.3) is 6.08 Å². The first kappa shape index (κ1) is 16.2. The van der Waals surface area contributed by atoms with Gasteiger partial charge >= 0.3 is 0 Å². The molecule has 116 valence electrons. The molecule has 0 aromatic heterocycles. The summed E-state index contributed by atoms with van der Waals surface area (Å²) in [5, 5.41) is 3.59. The highest BCUT2D eigenvalue weighted by Crippen LogP contribution is 2.18. The minimum atomic E-state index is 0.341. The standard InChI is InChI=1S/C20H25NO/c1-3-4-10-18(12-11-17-8-6-5-7-9-17)21-19-13-15-20(22-2)16-14-19/h5-9,11-16,18,21H,3-4,10H2,1-2H3/b12-11+. The summed E-state index contributed by atoms with van der Waals surface area (Å²) in [6.07, 6.45) is 8.00. The number of hydrogen-bond donors (Lipinski definition) is 1. The van der Waals surface area contributed by atoms with Crippen LogP contribution in [0.2, 0.25) is 0 Å². The van der Waals surface area contributed by atoms with E-state index in [1.807, 2.05) is 18.2 Å². The Morgan fingerprint density at radius 3 is 2.41 bits per heavy atom. The molecule has 2 aromatic carbocycles. The lowest BCUT2D eigenvalue weighted by molar-refractivity contribution is 0.415. The van der Waals surface area contributed by atoms with Crippen LogP contribution in [0.5, 0.6) is 5.75 Å². The van der Waals surface area contributed by atoms with Gasteiger partial charge in [0.1, 0.15) is 5.75 Å². The number of unbranched alkanes of at least 4 members (excludes halogenated alkanes) is 1. The maximum absolute atomic E-state index is 5.20. The van der Waals surface area contributed by atoms with E-state index in [2.05, 4.69) is 60.8 Å².